The molecule has 1 aliphatic carbocycles. The second-order valence-electron chi connectivity index (χ2n) is 11.8. The molecule has 0 atom stereocenters. The molecule has 0 aliphatic heterocycles. The zero-order valence-corrected chi connectivity index (χ0v) is 23.9. The van der Waals surface area contributed by atoms with Gasteiger partial charge in [0.25, 0.3) is 0 Å². The van der Waals surface area contributed by atoms with Crippen LogP contribution in [0, 0.1) is 0 Å². The summed E-state index contributed by atoms with van der Waals surface area (Å²) in [5.74, 6) is 0. The van der Waals surface area contributed by atoms with Crippen molar-refractivity contribution in [3.8, 4) is 22.3 Å². The van der Waals surface area contributed by atoms with Gasteiger partial charge in [0.2, 0.25) is 0 Å². The fourth-order valence-electron chi connectivity index (χ4n) is 7.10. The van der Waals surface area contributed by atoms with Crippen LogP contribution in [-0.2, 0) is 5.41 Å². The highest BCUT2D eigenvalue weighted by atomic mass is 15.1. The van der Waals surface area contributed by atoms with Crippen LogP contribution in [0.1, 0.15) is 25.0 Å². The topological polar surface area (TPSA) is 3.24 Å². The highest BCUT2D eigenvalue weighted by Gasteiger charge is 2.38. The fraction of sp³-hybridized carbons (Fsp3) is 0.0732. The number of hydrogen-bond donors (Lipinski definition) is 0. The summed E-state index contributed by atoms with van der Waals surface area (Å²) in [7, 11) is 0. The molecule has 1 heteroatoms. The number of rotatable bonds is 4. The maximum atomic E-state index is 2.48. The molecule has 0 amide bonds. The van der Waals surface area contributed by atoms with E-state index in [1.807, 2.05) is 0 Å². The molecule has 7 aromatic rings. The lowest BCUT2D eigenvalue weighted by molar-refractivity contribution is 0.662. The van der Waals surface area contributed by atoms with Gasteiger partial charge in [-0.2, -0.15) is 0 Å². The van der Waals surface area contributed by atoms with Gasteiger partial charge in [-0.3, -0.25) is 0 Å². The molecule has 0 saturated carbocycles. The van der Waals surface area contributed by atoms with Crippen LogP contribution in [0.3, 0.4) is 0 Å². The normalized spacial score (nSPS) is 13.2. The summed E-state index contributed by atoms with van der Waals surface area (Å²) >= 11 is 0. The Labute approximate surface area is 247 Å². The van der Waals surface area contributed by atoms with Crippen molar-refractivity contribution in [3.63, 3.8) is 0 Å². The van der Waals surface area contributed by atoms with Gasteiger partial charge in [0.15, 0.2) is 0 Å². The maximum absolute atomic E-state index is 2.48. The molecule has 42 heavy (non-hydrogen) atoms. The number of hydrogen-bond acceptors (Lipinski definition) is 1. The zero-order chi connectivity index (χ0) is 28.3. The molecule has 0 spiro atoms. The molecule has 0 aromatic heterocycles. The molecular formula is C41H31N. The molecule has 8 rings (SSSR count). The smallest absolute Gasteiger partial charge is 0.0540 e. The minimum absolute atomic E-state index is 0.112. The van der Waals surface area contributed by atoms with Crippen LogP contribution in [0.25, 0.3) is 43.8 Å². The number of nitrogens with zero attached hydrogens (tertiary/aromatic N) is 1. The lowest BCUT2D eigenvalue weighted by Gasteiger charge is -2.31. The Morgan fingerprint density at radius 2 is 0.976 bits per heavy atom. The third kappa shape index (κ3) is 3.71. The summed E-state index contributed by atoms with van der Waals surface area (Å²) in [5, 5.41) is 4.93. The lowest BCUT2D eigenvalue weighted by atomic mass is 9.78. The largest absolute Gasteiger partial charge is 0.309 e. The third-order valence-electron chi connectivity index (χ3n) is 9.00. The van der Waals surface area contributed by atoms with Crippen molar-refractivity contribution in [3.05, 3.63) is 163 Å². The number of benzene rings is 7. The molecule has 0 radical (unpaired) electrons. The Balaban J connectivity index is 1.50. The van der Waals surface area contributed by atoms with Crippen molar-refractivity contribution in [1.29, 1.82) is 0 Å². The first-order valence-electron chi connectivity index (χ1n) is 14.7. The molecule has 7 aromatic carbocycles. The Hall–Kier alpha value is -5.14. The Bertz CT molecular complexity index is 2030. The van der Waals surface area contributed by atoms with Crippen LogP contribution in [0.5, 0.6) is 0 Å². The van der Waals surface area contributed by atoms with Gasteiger partial charge < -0.3 is 4.90 Å². The van der Waals surface area contributed by atoms with Crippen LogP contribution in [0.4, 0.5) is 17.1 Å². The van der Waals surface area contributed by atoms with Gasteiger partial charge in [0, 0.05) is 21.9 Å². The van der Waals surface area contributed by atoms with E-state index in [0.717, 1.165) is 5.69 Å². The first kappa shape index (κ1) is 24.6. The predicted molar refractivity (Wildman–Crippen MR) is 179 cm³/mol. The molecule has 0 bridgehead atoms. The average Bonchev–Trinajstić information content (AvgIpc) is 3.28. The second-order valence-corrected chi connectivity index (χ2v) is 11.8. The van der Waals surface area contributed by atoms with E-state index in [9.17, 15) is 0 Å². The van der Waals surface area contributed by atoms with E-state index in [-0.39, 0.29) is 5.41 Å². The monoisotopic (exact) mass is 537 g/mol. The SMILES string of the molecule is CC1(C)c2ccccc2-c2cc(N(c3cccc4ccccc34)c3cccc4ccccc34)cc(-c3ccccc3)c21. The molecule has 1 aliphatic rings. The molecule has 200 valence electrons. The molecule has 1 nitrogen and oxygen atoms in total. The standard InChI is InChI=1S/C41H31N/c1-41(2)37-23-11-10-22-34(37)36-27-31(26-35(40(36)41)30-14-4-3-5-15-30)42(38-24-12-18-28-16-6-8-20-32(28)38)39-25-13-19-29-17-7-9-21-33(29)39/h3-27H,1-2H3. The van der Waals surface area contributed by atoms with Crippen LogP contribution < -0.4 is 4.90 Å². The highest BCUT2D eigenvalue weighted by Crippen LogP contribution is 2.55. The van der Waals surface area contributed by atoms with E-state index in [4.69, 9.17) is 0 Å². The molecular weight excluding hydrogens is 506 g/mol. The van der Waals surface area contributed by atoms with Crippen LogP contribution in [0.15, 0.2) is 152 Å². The van der Waals surface area contributed by atoms with E-state index in [1.165, 1.54) is 66.3 Å². The maximum Gasteiger partial charge on any atom is 0.0540 e. The molecule has 0 heterocycles. The van der Waals surface area contributed by atoms with Crippen molar-refractivity contribution in [2.45, 2.75) is 19.3 Å². The summed E-state index contributed by atoms with van der Waals surface area (Å²) in [5.41, 5.74) is 11.4. The zero-order valence-electron chi connectivity index (χ0n) is 23.9. The lowest BCUT2D eigenvalue weighted by Crippen LogP contribution is -2.17. The molecule has 0 saturated heterocycles. The summed E-state index contributed by atoms with van der Waals surface area (Å²) in [6.07, 6.45) is 0. The van der Waals surface area contributed by atoms with Crippen molar-refractivity contribution in [1.82, 2.24) is 0 Å². The Kier molecular flexibility index (Phi) is 5.55. The van der Waals surface area contributed by atoms with E-state index >= 15 is 0 Å². The Morgan fingerprint density at radius 3 is 1.64 bits per heavy atom. The van der Waals surface area contributed by atoms with Gasteiger partial charge in [0.05, 0.1) is 11.4 Å². The summed E-state index contributed by atoms with van der Waals surface area (Å²) in [6, 6.07) is 55.4. The molecule has 0 fully saturated rings. The second kappa shape index (κ2) is 9.46. The van der Waals surface area contributed by atoms with Gasteiger partial charge in [-0.15, -0.1) is 0 Å². The first-order valence-corrected chi connectivity index (χ1v) is 14.7. The van der Waals surface area contributed by atoms with Gasteiger partial charge in [0.1, 0.15) is 0 Å². The quantitative estimate of drug-likeness (QED) is 0.216. The van der Waals surface area contributed by atoms with Gasteiger partial charge in [-0.1, -0.05) is 141 Å². The van der Waals surface area contributed by atoms with Crippen molar-refractivity contribution >= 4 is 38.6 Å². The molecule has 0 unspecified atom stereocenters. The minimum atomic E-state index is -0.112. The molecule has 0 N–H and O–H groups in total. The summed E-state index contributed by atoms with van der Waals surface area (Å²) in [6.45, 7) is 4.74. The minimum Gasteiger partial charge on any atom is -0.309 e. The van der Waals surface area contributed by atoms with Gasteiger partial charge >= 0.3 is 0 Å². The van der Waals surface area contributed by atoms with Gasteiger partial charge in [-0.25, -0.2) is 0 Å². The summed E-state index contributed by atoms with van der Waals surface area (Å²) < 4.78 is 0. The van der Waals surface area contributed by atoms with Crippen molar-refractivity contribution in [2.75, 3.05) is 4.90 Å². The first-order chi connectivity index (χ1) is 20.6. The third-order valence-corrected chi connectivity index (χ3v) is 9.00. The fourth-order valence-corrected chi connectivity index (χ4v) is 7.10. The van der Waals surface area contributed by atoms with E-state index < -0.39 is 0 Å². The van der Waals surface area contributed by atoms with E-state index in [2.05, 4.69) is 170 Å². The predicted octanol–water partition coefficient (Wildman–Crippen LogP) is 11.4. The number of fused-ring (bicyclic) bond motifs is 5. The van der Waals surface area contributed by atoms with Crippen LogP contribution >= 0.6 is 0 Å². The van der Waals surface area contributed by atoms with Crippen LogP contribution in [0.2, 0.25) is 0 Å². The average molecular weight is 538 g/mol. The number of anilines is 3. The van der Waals surface area contributed by atoms with E-state index in [0.29, 0.717) is 0 Å². The van der Waals surface area contributed by atoms with E-state index in [1.54, 1.807) is 0 Å². The van der Waals surface area contributed by atoms with Crippen LogP contribution in [-0.4, -0.2) is 0 Å². The van der Waals surface area contributed by atoms with Gasteiger partial charge in [-0.05, 0) is 68.4 Å². The summed E-state index contributed by atoms with van der Waals surface area (Å²) in [4.78, 5) is 2.48. The van der Waals surface area contributed by atoms with Crippen molar-refractivity contribution < 1.29 is 0 Å². The Morgan fingerprint density at radius 1 is 0.452 bits per heavy atom. The highest BCUT2D eigenvalue weighted by molar-refractivity contribution is 6.06. The van der Waals surface area contributed by atoms with Crippen molar-refractivity contribution in [2.24, 2.45) is 0 Å².